The van der Waals surface area contributed by atoms with Crippen molar-refractivity contribution in [1.29, 1.82) is 0 Å². The molecular formula is C21H33BrN4O5S. The van der Waals surface area contributed by atoms with Crippen LogP contribution in [0.25, 0.3) is 0 Å². The van der Waals surface area contributed by atoms with Gasteiger partial charge in [-0.3, -0.25) is 19.3 Å². The number of morpholine rings is 1. The van der Waals surface area contributed by atoms with Crippen molar-refractivity contribution < 1.29 is 24.2 Å². The predicted octanol–water partition coefficient (Wildman–Crippen LogP) is -0.584. The van der Waals surface area contributed by atoms with E-state index in [1.807, 2.05) is 6.92 Å². The third-order valence-electron chi connectivity index (χ3n) is 7.43. The van der Waals surface area contributed by atoms with Crippen LogP contribution in [-0.4, -0.2) is 113 Å². The smallest absolute Gasteiger partial charge is 0.244 e. The molecule has 32 heavy (non-hydrogen) atoms. The Labute approximate surface area is 201 Å². The summed E-state index contributed by atoms with van der Waals surface area (Å²) in [5.41, 5.74) is 0. The van der Waals surface area contributed by atoms with Crippen LogP contribution in [0, 0.1) is 11.8 Å². The first-order valence-electron chi connectivity index (χ1n) is 11.4. The highest BCUT2D eigenvalue weighted by Crippen LogP contribution is 2.67. The molecule has 4 aliphatic heterocycles. The zero-order chi connectivity index (χ0) is 23.0. The highest BCUT2D eigenvalue weighted by molar-refractivity contribution is 9.09. The van der Waals surface area contributed by atoms with Crippen LogP contribution in [0.4, 0.5) is 0 Å². The molecule has 0 aromatic carbocycles. The molecule has 0 aromatic heterocycles. The predicted molar refractivity (Wildman–Crippen MR) is 125 cm³/mol. The molecule has 180 valence electrons. The molecule has 4 aliphatic rings. The summed E-state index contributed by atoms with van der Waals surface area (Å²) < 4.78 is 4.71. The number of aliphatic hydroxyl groups excluding tert-OH is 1. The second-order valence-corrected chi connectivity index (χ2v) is 11.7. The number of rotatable bonds is 8. The number of aliphatic hydroxyl groups is 1. The van der Waals surface area contributed by atoms with Crippen LogP contribution >= 0.6 is 27.7 Å². The minimum absolute atomic E-state index is 0.0519. The molecule has 0 aromatic rings. The average molecular weight is 533 g/mol. The molecule has 2 bridgehead atoms. The first kappa shape index (κ1) is 24.3. The van der Waals surface area contributed by atoms with E-state index in [-0.39, 0.29) is 34.4 Å². The van der Waals surface area contributed by atoms with E-state index in [2.05, 4.69) is 31.5 Å². The Balaban J connectivity index is 1.59. The van der Waals surface area contributed by atoms with E-state index >= 15 is 0 Å². The average Bonchev–Trinajstić information content (AvgIpc) is 3.39. The number of halogens is 1. The molecule has 1 spiro atoms. The summed E-state index contributed by atoms with van der Waals surface area (Å²) in [6.07, 6.45) is 1.19. The number of hydrogen-bond donors (Lipinski definition) is 3. The maximum absolute atomic E-state index is 13.7. The van der Waals surface area contributed by atoms with E-state index in [9.17, 15) is 19.5 Å². The van der Waals surface area contributed by atoms with Gasteiger partial charge in [0.2, 0.25) is 17.7 Å². The van der Waals surface area contributed by atoms with Crippen molar-refractivity contribution in [3.63, 3.8) is 0 Å². The number of hydrogen-bond acceptors (Lipinski definition) is 7. The number of amides is 3. The SMILES string of the molecule is CC[C@@H](CO)N1C(=O)[C@@H]2[C@@H](C(=O)NC)[C@@H]3SC2(CC3Br)C1C(=O)NCCN1CCOCC1. The minimum atomic E-state index is -0.702. The molecule has 4 heterocycles. The fourth-order valence-corrected chi connectivity index (χ4v) is 9.50. The van der Waals surface area contributed by atoms with Crippen molar-refractivity contribution >= 4 is 45.4 Å². The van der Waals surface area contributed by atoms with Gasteiger partial charge in [0, 0.05) is 43.3 Å². The lowest BCUT2D eigenvalue weighted by atomic mass is 9.70. The van der Waals surface area contributed by atoms with Gasteiger partial charge in [0.15, 0.2) is 0 Å². The maximum atomic E-state index is 13.7. The lowest BCUT2D eigenvalue weighted by molar-refractivity contribution is -0.142. The summed E-state index contributed by atoms with van der Waals surface area (Å²) in [7, 11) is 1.59. The van der Waals surface area contributed by atoms with Crippen LogP contribution in [0.15, 0.2) is 0 Å². The zero-order valence-corrected chi connectivity index (χ0v) is 21.0. The molecule has 11 heteroatoms. The third-order valence-corrected chi connectivity index (χ3v) is 10.7. The van der Waals surface area contributed by atoms with E-state index in [0.717, 1.165) is 19.6 Å². The molecule has 0 aliphatic carbocycles. The number of ether oxygens (including phenoxy) is 1. The van der Waals surface area contributed by atoms with E-state index in [1.54, 1.807) is 23.7 Å². The second kappa shape index (κ2) is 9.77. The molecule has 9 nitrogen and oxygen atoms in total. The van der Waals surface area contributed by atoms with Crippen LogP contribution in [0.3, 0.4) is 0 Å². The zero-order valence-electron chi connectivity index (χ0n) is 18.6. The van der Waals surface area contributed by atoms with Crippen molar-refractivity contribution in [3.05, 3.63) is 0 Å². The van der Waals surface area contributed by atoms with Gasteiger partial charge in [-0.15, -0.1) is 11.8 Å². The van der Waals surface area contributed by atoms with E-state index in [0.29, 0.717) is 32.6 Å². The molecule has 7 atom stereocenters. The van der Waals surface area contributed by atoms with Crippen molar-refractivity contribution in [1.82, 2.24) is 20.4 Å². The Morgan fingerprint density at radius 1 is 1.34 bits per heavy atom. The Bertz CT molecular complexity index is 750. The van der Waals surface area contributed by atoms with Gasteiger partial charge < -0.3 is 25.4 Å². The normalized spacial score (nSPS) is 37.4. The quantitative estimate of drug-likeness (QED) is 0.358. The molecule has 0 saturated carbocycles. The molecule has 3 unspecified atom stereocenters. The maximum Gasteiger partial charge on any atom is 0.244 e. The fourth-order valence-electron chi connectivity index (χ4n) is 5.90. The molecule has 4 fully saturated rings. The summed E-state index contributed by atoms with van der Waals surface area (Å²) >= 11 is 5.34. The standard InChI is InChI=1S/C21H33BrN4O5S/c1-3-12(11-27)26-17(19(29)24-4-5-25-6-8-31-9-7-25)21-10-13(22)16(32-21)14(18(28)23-2)15(21)20(26)30/h12-17,27H,3-11H2,1-2H3,(H,23,28)(H,24,29)/t12-,13?,14+,15-,16+,17?,21?/m0/s1. The Hall–Kier alpha value is -0.880. The summed E-state index contributed by atoms with van der Waals surface area (Å²) in [6.45, 7) is 5.98. The molecular weight excluding hydrogens is 500 g/mol. The fraction of sp³-hybridized carbons (Fsp3) is 0.857. The van der Waals surface area contributed by atoms with Crippen molar-refractivity contribution in [2.24, 2.45) is 11.8 Å². The van der Waals surface area contributed by atoms with Crippen molar-refractivity contribution in [2.45, 2.75) is 46.7 Å². The van der Waals surface area contributed by atoms with Crippen LogP contribution in [0.5, 0.6) is 0 Å². The van der Waals surface area contributed by atoms with E-state index in [1.165, 1.54) is 0 Å². The minimum Gasteiger partial charge on any atom is -0.394 e. The number of carbonyl (C=O) groups excluding carboxylic acids is 3. The first-order valence-corrected chi connectivity index (χ1v) is 13.2. The van der Waals surface area contributed by atoms with Crippen LogP contribution in [-0.2, 0) is 19.1 Å². The lowest BCUT2D eigenvalue weighted by Gasteiger charge is -2.37. The Morgan fingerprint density at radius 2 is 2.06 bits per heavy atom. The van der Waals surface area contributed by atoms with E-state index < -0.39 is 28.7 Å². The summed E-state index contributed by atoms with van der Waals surface area (Å²) in [5.74, 6) is -1.56. The third kappa shape index (κ3) is 3.87. The lowest BCUT2D eigenvalue weighted by Crippen LogP contribution is -2.57. The number of likely N-dealkylation sites (tertiary alicyclic amines) is 1. The van der Waals surface area contributed by atoms with Gasteiger partial charge in [-0.05, 0) is 12.8 Å². The highest BCUT2D eigenvalue weighted by atomic mass is 79.9. The molecule has 0 radical (unpaired) electrons. The van der Waals surface area contributed by atoms with E-state index in [4.69, 9.17) is 4.74 Å². The monoisotopic (exact) mass is 532 g/mol. The largest absolute Gasteiger partial charge is 0.394 e. The van der Waals surface area contributed by atoms with Gasteiger partial charge in [0.25, 0.3) is 0 Å². The van der Waals surface area contributed by atoms with Gasteiger partial charge in [-0.25, -0.2) is 0 Å². The van der Waals surface area contributed by atoms with Gasteiger partial charge >= 0.3 is 0 Å². The number of nitrogens with zero attached hydrogens (tertiary/aromatic N) is 2. The summed E-state index contributed by atoms with van der Waals surface area (Å²) in [5, 5.41) is 15.7. The molecule has 3 N–H and O–H groups in total. The Morgan fingerprint density at radius 3 is 2.69 bits per heavy atom. The van der Waals surface area contributed by atoms with Crippen molar-refractivity contribution in [3.8, 4) is 0 Å². The second-order valence-electron chi connectivity index (χ2n) is 9.01. The van der Waals surface area contributed by atoms with Gasteiger partial charge in [0.1, 0.15) is 6.04 Å². The van der Waals surface area contributed by atoms with Crippen LogP contribution < -0.4 is 10.6 Å². The number of nitrogens with one attached hydrogen (secondary N) is 2. The van der Waals surface area contributed by atoms with Gasteiger partial charge in [-0.2, -0.15) is 0 Å². The molecule has 3 amide bonds. The first-order chi connectivity index (χ1) is 15.4. The number of fused-ring (bicyclic) bond motifs is 1. The molecule has 4 saturated heterocycles. The summed E-state index contributed by atoms with van der Waals surface area (Å²) in [6, 6.07) is -1.15. The van der Waals surface area contributed by atoms with Crippen molar-refractivity contribution in [2.75, 3.05) is 53.0 Å². The molecule has 4 rings (SSSR count). The van der Waals surface area contributed by atoms with Gasteiger partial charge in [-0.1, -0.05) is 22.9 Å². The summed E-state index contributed by atoms with van der Waals surface area (Å²) in [4.78, 5) is 44.0. The van der Waals surface area contributed by atoms with Crippen LogP contribution in [0.1, 0.15) is 19.8 Å². The highest BCUT2D eigenvalue weighted by Gasteiger charge is 2.76. The number of carbonyl (C=O) groups is 3. The number of thioether (sulfide) groups is 1. The van der Waals surface area contributed by atoms with Gasteiger partial charge in [0.05, 0.1) is 42.4 Å². The number of alkyl halides is 1. The Kier molecular flexibility index (Phi) is 7.41. The topological polar surface area (TPSA) is 111 Å². The van der Waals surface area contributed by atoms with Crippen LogP contribution in [0.2, 0.25) is 0 Å².